The van der Waals surface area contributed by atoms with Crippen molar-refractivity contribution < 1.29 is 9.59 Å². The molecule has 0 radical (unpaired) electrons. The lowest BCUT2D eigenvalue weighted by Crippen LogP contribution is -2.43. The summed E-state index contributed by atoms with van der Waals surface area (Å²) in [4.78, 5) is 53.7. The van der Waals surface area contributed by atoms with Crippen molar-refractivity contribution in [2.45, 2.75) is 51.1 Å². The Morgan fingerprint density at radius 1 is 1.07 bits per heavy atom. The Bertz CT molecular complexity index is 1030. The first-order valence-electron chi connectivity index (χ1n) is 10.7. The van der Waals surface area contributed by atoms with Crippen molar-refractivity contribution in [2.75, 3.05) is 13.1 Å². The van der Waals surface area contributed by atoms with Gasteiger partial charge in [-0.2, -0.15) is 0 Å². The first-order valence-corrected chi connectivity index (χ1v) is 10.7. The molecule has 0 bridgehead atoms. The van der Waals surface area contributed by atoms with Gasteiger partial charge in [0.05, 0.1) is 18.3 Å². The van der Waals surface area contributed by atoms with Gasteiger partial charge in [0.15, 0.2) is 0 Å². The molecule has 1 aliphatic carbocycles. The molecule has 2 fully saturated rings. The van der Waals surface area contributed by atoms with Crippen LogP contribution in [0.2, 0.25) is 0 Å². The minimum Gasteiger partial charge on any atom is -0.332 e. The fraction of sp³-hybridized carbons (Fsp3) is 0.500. The number of pyridine rings is 1. The quantitative estimate of drug-likeness (QED) is 0.837. The van der Waals surface area contributed by atoms with E-state index in [0.717, 1.165) is 32.1 Å². The maximum atomic E-state index is 12.8. The summed E-state index contributed by atoms with van der Waals surface area (Å²) >= 11 is 0. The Balaban J connectivity index is 1.43. The van der Waals surface area contributed by atoms with Crippen LogP contribution in [0, 0.1) is 5.92 Å². The number of likely N-dealkylation sites (tertiary alicyclic amines) is 1. The molecule has 1 N–H and O–H groups in total. The van der Waals surface area contributed by atoms with E-state index in [9.17, 15) is 14.4 Å². The highest BCUT2D eigenvalue weighted by Crippen LogP contribution is 2.37. The molecule has 8 heteroatoms. The van der Waals surface area contributed by atoms with Crippen LogP contribution in [0.15, 0.2) is 29.3 Å². The molecule has 3 aliphatic rings. The second-order valence-corrected chi connectivity index (χ2v) is 8.41. The zero-order chi connectivity index (χ0) is 20.7. The molecule has 2 amide bonds. The monoisotopic (exact) mass is 407 g/mol. The summed E-state index contributed by atoms with van der Waals surface area (Å²) < 4.78 is 0. The van der Waals surface area contributed by atoms with E-state index in [1.165, 1.54) is 0 Å². The number of H-pyrrole nitrogens is 1. The van der Waals surface area contributed by atoms with Gasteiger partial charge in [-0.25, -0.2) is 4.98 Å². The molecule has 4 heterocycles. The number of piperidine rings is 1. The second kappa shape index (κ2) is 7.66. The molecule has 1 saturated carbocycles. The lowest BCUT2D eigenvalue weighted by molar-refractivity contribution is -0.136. The van der Waals surface area contributed by atoms with Crippen LogP contribution in [0.1, 0.15) is 65.6 Å². The van der Waals surface area contributed by atoms with Crippen molar-refractivity contribution in [1.29, 1.82) is 0 Å². The van der Waals surface area contributed by atoms with E-state index in [-0.39, 0.29) is 29.3 Å². The molecule has 156 valence electrons. The number of aromatic nitrogens is 3. The van der Waals surface area contributed by atoms with Crippen molar-refractivity contribution in [3.63, 3.8) is 0 Å². The number of nitrogens with one attached hydrogen (secondary N) is 1. The average molecular weight is 407 g/mol. The van der Waals surface area contributed by atoms with Gasteiger partial charge in [0.2, 0.25) is 5.91 Å². The van der Waals surface area contributed by atoms with Crippen LogP contribution in [0.5, 0.6) is 0 Å². The van der Waals surface area contributed by atoms with Crippen molar-refractivity contribution in [3.8, 4) is 0 Å². The molecule has 2 aliphatic heterocycles. The number of hydrogen-bond donors (Lipinski definition) is 1. The number of nitrogens with zero attached hydrogens (tertiary/aromatic N) is 4. The molecule has 2 aromatic heterocycles. The Hall–Kier alpha value is -3.03. The molecule has 0 aromatic carbocycles. The summed E-state index contributed by atoms with van der Waals surface area (Å²) in [6.07, 6.45) is 8.39. The van der Waals surface area contributed by atoms with Crippen LogP contribution in [-0.2, 0) is 17.8 Å². The van der Waals surface area contributed by atoms with Gasteiger partial charge in [-0.3, -0.25) is 19.4 Å². The Kier molecular flexibility index (Phi) is 4.84. The molecule has 0 unspecified atom stereocenters. The van der Waals surface area contributed by atoms with E-state index in [4.69, 9.17) is 4.98 Å². The third-order valence-electron chi connectivity index (χ3n) is 6.33. The fourth-order valence-corrected chi connectivity index (χ4v) is 4.51. The van der Waals surface area contributed by atoms with Crippen LogP contribution in [0.3, 0.4) is 0 Å². The summed E-state index contributed by atoms with van der Waals surface area (Å²) in [5.41, 5.74) is 1.72. The van der Waals surface area contributed by atoms with Crippen molar-refractivity contribution in [3.05, 3.63) is 57.5 Å². The molecule has 30 heavy (non-hydrogen) atoms. The van der Waals surface area contributed by atoms with E-state index in [1.807, 2.05) is 4.90 Å². The molecule has 5 rings (SSSR count). The SMILES string of the molecule is O=C(c1ccncc1)N1CCc2c(nc([C@@H]3CCCCN3C(=O)C3CC3)[nH]c2=O)C1. The predicted octanol–water partition coefficient (Wildman–Crippen LogP) is 1.83. The fourth-order valence-electron chi connectivity index (χ4n) is 4.51. The van der Waals surface area contributed by atoms with Gasteiger partial charge in [0, 0.05) is 42.5 Å². The number of carbonyl (C=O) groups is 2. The van der Waals surface area contributed by atoms with Crippen LogP contribution in [0.4, 0.5) is 0 Å². The highest BCUT2D eigenvalue weighted by molar-refractivity contribution is 5.94. The van der Waals surface area contributed by atoms with Gasteiger partial charge in [-0.15, -0.1) is 0 Å². The molecule has 0 spiro atoms. The first kappa shape index (κ1) is 19.0. The summed E-state index contributed by atoms with van der Waals surface area (Å²) in [5.74, 6) is 0.804. The highest BCUT2D eigenvalue weighted by atomic mass is 16.2. The maximum absolute atomic E-state index is 12.8. The third kappa shape index (κ3) is 3.51. The van der Waals surface area contributed by atoms with Crippen LogP contribution < -0.4 is 5.56 Å². The molecule has 1 saturated heterocycles. The standard InChI is InChI=1S/C22H25N5O3/c28-20-16-8-12-26(21(29)15-6-9-23-10-7-15)13-17(16)24-19(25-20)18-3-1-2-11-27(18)22(30)14-4-5-14/h6-7,9-10,14,18H,1-5,8,11-13H2,(H,24,25,28)/t18-/m0/s1. The average Bonchev–Trinajstić information content (AvgIpc) is 3.64. The third-order valence-corrected chi connectivity index (χ3v) is 6.33. The topological polar surface area (TPSA) is 99.3 Å². The van der Waals surface area contributed by atoms with E-state index in [0.29, 0.717) is 48.7 Å². The van der Waals surface area contributed by atoms with Gasteiger partial charge in [0.25, 0.3) is 11.5 Å². The van der Waals surface area contributed by atoms with Crippen molar-refractivity contribution >= 4 is 11.8 Å². The van der Waals surface area contributed by atoms with Crippen LogP contribution in [0.25, 0.3) is 0 Å². The largest absolute Gasteiger partial charge is 0.332 e. The number of rotatable bonds is 3. The minimum absolute atomic E-state index is 0.0881. The Labute approximate surface area is 174 Å². The first-order chi connectivity index (χ1) is 14.6. The van der Waals surface area contributed by atoms with Gasteiger partial charge in [-0.1, -0.05) is 0 Å². The van der Waals surface area contributed by atoms with Crippen molar-refractivity contribution in [1.82, 2.24) is 24.8 Å². The Morgan fingerprint density at radius 2 is 1.87 bits per heavy atom. The zero-order valence-electron chi connectivity index (χ0n) is 16.8. The number of fused-ring (bicyclic) bond motifs is 1. The molecule has 1 atom stereocenters. The van der Waals surface area contributed by atoms with Gasteiger partial charge < -0.3 is 14.8 Å². The number of amides is 2. The molecular weight excluding hydrogens is 382 g/mol. The van der Waals surface area contributed by atoms with E-state index in [1.54, 1.807) is 29.4 Å². The smallest absolute Gasteiger partial charge is 0.254 e. The van der Waals surface area contributed by atoms with E-state index in [2.05, 4.69) is 9.97 Å². The van der Waals surface area contributed by atoms with Crippen LogP contribution >= 0.6 is 0 Å². The minimum atomic E-state index is -0.184. The summed E-state index contributed by atoms with van der Waals surface area (Å²) in [6.45, 7) is 1.50. The van der Waals surface area contributed by atoms with E-state index >= 15 is 0 Å². The van der Waals surface area contributed by atoms with E-state index < -0.39 is 0 Å². The molecule has 2 aromatic rings. The zero-order valence-corrected chi connectivity index (χ0v) is 16.8. The van der Waals surface area contributed by atoms with Gasteiger partial charge in [0.1, 0.15) is 5.82 Å². The molecule has 8 nitrogen and oxygen atoms in total. The lowest BCUT2D eigenvalue weighted by atomic mass is 9.99. The predicted molar refractivity (Wildman–Crippen MR) is 109 cm³/mol. The van der Waals surface area contributed by atoms with Gasteiger partial charge >= 0.3 is 0 Å². The summed E-state index contributed by atoms with van der Waals surface area (Å²) in [6, 6.07) is 3.20. The summed E-state index contributed by atoms with van der Waals surface area (Å²) in [7, 11) is 0. The normalized spacial score (nSPS) is 21.3. The summed E-state index contributed by atoms with van der Waals surface area (Å²) in [5, 5.41) is 0. The van der Waals surface area contributed by atoms with Crippen molar-refractivity contribution in [2.24, 2.45) is 5.92 Å². The maximum Gasteiger partial charge on any atom is 0.254 e. The number of hydrogen-bond acceptors (Lipinski definition) is 5. The Morgan fingerprint density at radius 3 is 2.63 bits per heavy atom. The number of aromatic amines is 1. The lowest BCUT2D eigenvalue weighted by Gasteiger charge is -2.36. The second-order valence-electron chi connectivity index (χ2n) is 8.41. The molecular formula is C22H25N5O3. The highest BCUT2D eigenvalue weighted by Gasteiger charge is 2.39. The van der Waals surface area contributed by atoms with Crippen LogP contribution in [-0.4, -0.2) is 49.7 Å². The van der Waals surface area contributed by atoms with Gasteiger partial charge in [-0.05, 0) is 50.7 Å². The number of carbonyl (C=O) groups excluding carboxylic acids is 2.